The molecule has 106 valence electrons. The molecular formula is C16H21N3O. The molecule has 4 nitrogen and oxygen atoms in total. The summed E-state index contributed by atoms with van der Waals surface area (Å²) in [7, 11) is 2.02. The molecule has 2 heterocycles. The van der Waals surface area contributed by atoms with Crippen molar-refractivity contribution in [3.8, 4) is 0 Å². The van der Waals surface area contributed by atoms with Gasteiger partial charge in [0.25, 0.3) is 0 Å². The van der Waals surface area contributed by atoms with Gasteiger partial charge in [-0.15, -0.1) is 0 Å². The monoisotopic (exact) mass is 271 g/mol. The lowest BCUT2D eigenvalue weighted by Gasteiger charge is -2.19. The van der Waals surface area contributed by atoms with E-state index in [1.165, 1.54) is 0 Å². The summed E-state index contributed by atoms with van der Waals surface area (Å²) in [6, 6.07) is 9.85. The molecule has 2 rings (SSSR count). The van der Waals surface area contributed by atoms with E-state index in [-0.39, 0.29) is 6.61 Å². The normalized spacial score (nSPS) is 10.6. The molecule has 0 saturated carbocycles. The lowest BCUT2D eigenvalue weighted by molar-refractivity contribution is 0.281. The van der Waals surface area contributed by atoms with Gasteiger partial charge in [0.15, 0.2) is 0 Å². The molecule has 0 radical (unpaired) electrons. The minimum absolute atomic E-state index is 0.0522. The zero-order valence-corrected chi connectivity index (χ0v) is 12.1. The highest BCUT2D eigenvalue weighted by Crippen LogP contribution is 2.15. The van der Waals surface area contributed by atoms with Gasteiger partial charge in [0, 0.05) is 37.6 Å². The topological polar surface area (TPSA) is 49.2 Å². The number of hydrogen-bond acceptors (Lipinski definition) is 4. The third kappa shape index (κ3) is 3.78. The quantitative estimate of drug-likeness (QED) is 0.875. The first-order valence-electron chi connectivity index (χ1n) is 6.94. The van der Waals surface area contributed by atoms with Crippen LogP contribution in [0.15, 0.2) is 36.5 Å². The van der Waals surface area contributed by atoms with Crippen molar-refractivity contribution in [2.45, 2.75) is 26.4 Å². The molecule has 2 aromatic heterocycles. The minimum Gasteiger partial charge on any atom is -0.392 e. The van der Waals surface area contributed by atoms with E-state index < -0.39 is 0 Å². The fourth-order valence-electron chi connectivity index (χ4n) is 2.04. The van der Waals surface area contributed by atoms with Crippen molar-refractivity contribution >= 4 is 5.82 Å². The zero-order valence-electron chi connectivity index (χ0n) is 12.1. The van der Waals surface area contributed by atoms with Gasteiger partial charge in [-0.3, -0.25) is 4.98 Å². The van der Waals surface area contributed by atoms with E-state index in [0.717, 1.165) is 42.2 Å². The molecule has 0 amide bonds. The Labute approximate surface area is 120 Å². The van der Waals surface area contributed by atoms with Crippen LogP contribution in [0, 0.1) is 0 Å². The van der Waals surface area contributed by atoms with E-state index in [0.29, 0.717) is 0 Å². The molecule has 0 aliphatic carbocycles. The highest BCUT2D eigenvalue weighted by atomic mass is 16.3. The van der Waals surface area contributed by atoms with Crippen LogP contribution in [-0.4, -0.2) is 28.7 Å². The summed E-state index contributed by atoms with van der Waals surface area (Å²) < 4.78 is 0. The second-order valence-corrected chi connectivity index (χ2v) is 4.83. The maximum absolute atomic E-state index is 9.32. The molecule has 0 spiro atoms. The summed E-state index contributed by atoms with van der Waals surface area (Å²) in [6.45, 7) is 2.97. The average molecular weight is 271 g/mol. The Morgan fingerprint density at radius 2 is 2.05 bits per heavy atom. The van der Waals surface area contributed by atoms with Gasteiger partial charge in [-0.05, 0) is 36.2 Å². The van der Waals surface area contributed by atoms with Crippen molar-refractivity contribution in [1.82, 2.24) is 9.97 Å². The number of aliphatic hydroxyl groups is 1. The van der Waals surface area contributed by atoms with Gasteiger partial charge in [0.1, 0.15) is 5.82 Å². The second kappa shape index (κ2) is 7.01. The lowest BCUT2D eigenvalue weighted by atomic mass is 10.2. The first-order chi connectivity index (χ1) is 9.72. The standard InChI is InChI=1S/C16H21N3O/c1-3-14-10-13(12-20)11-16(18-14)19(2)9-7-15-6-4-5-8-17-15/h4-6,8,10-11,20H,3,7,9,12H2,1-2H3. The van der Waals surface area contributed by atoms with Crippen LogP contribution in [0.1, 0.15) is 23.9 Å². The second-order valence-electron chi connectivity index (χ2n) is 4.83. The van der Waals surface area contributed by atoms with Gasteiger partial charge >= 0.3 is 0 Å². The number of likely N-dealkylation sites (N-methyl/N-ethyl adjacent to an activating group) is 1. The van der Waals surface area contributed by atoms with E-state index in [1.807, 2.05) is 43.6 Å². The molecule has 2 aromatic rings. The Balaban J connectivity index is 2.06. The highest BCUT2D eigenvalue weighted by Gasteiger charge is 2.07. The van der Waals surface area contributed by atoms with E-state index in [9.17, 15) is 5.11 Å². The molecule has 0 aliphatic heterocycles. The van der Waals surface area contributed by atoms with Gasteiger partial charge in [-0.25, -0.2) is 4.98 Å². The zero-order chi connectivity index (χ0) is 14.4. The van der Waals surface area contributed by atoms with Gasteiger partial charge in [0.05, 0.1) is 6.61 Å². The SMILES string of the molecule is CCc1cc(CO)cc(N(C)CCc2ccccn2)n1. The Morgan fingerprint density at radius 1 is 1.20 bits per heavy atom. The van der Waals surface area contributed by atoms with Crippen molar-refractivity contribution in [3.05, 3.63) is 53.5 Å². The smallest absolute Gasteiger partial charge is 0.128 e. The Morgan fingerprint density at radius 3 is 2.70 bits per heavy atom. The number of pyridine rings is 2. The molecule has 4 heteroatoms. The van der Waals surface area contributed by atoms with Gasteiger partial charge in [-0.1, -0.05) is 13.0 Å². The molecule has 20 heavy (non-hydrogen) atoms. The maximum atomic E-state index is 9.32. The molecule has 0 aromatic carbocycles. The van der Waals surface area contributed by atoms with Crippen LogP contribution in [0.4, 0.5) is 5.82 Å². The molecule has 0 atom stereocenters. The van der Waals surface area contributed by atoms with E-state index in [1.54, 1.807) is 0 Å². The van der Waals surface area contributed by atoms with Crippen molar-refractivity contribution in [2.75, 3.05) is 18.5 Å². The van der Waals surface area contributed by atoms with E-state index in [4.69, 9.17) is 0 Å². The fraction of sp³-hybridized carbons (Fsp3) is 0.375. The van der Waals surface area contributed by atoms with Crippen molar-refractivity contribution in [1.29, 1.82) is 0 Å². The number of aromatic nitrogens is 2. The number of rotatable bonds is 6. The van der Waals surface area contributed by atoms with Crippen molar-refractivity contribution in [2.24, 2.45) is 0 Å². The first kappa shape index (κ1) is 14.5. The van der Waals surface area contributed by atoms with Crippen molar-refractivity contribution < 1.29 is 5.11 Å². The lowest BCUT2D eigenvalue weighted by Crippen LogP contribution is -2.22. The summed E-state index contributed by atoms with van der Waals surface area (Å²) in [5.41, 5.74) is 3.00. The number of nitrogens with zero attached hydrogens (tertiary/aromatic N) is 3. The number of aliphatic hydroxyl groups excluding tert-OH is 1. The van der Waals surface area contributed by atoms with E-state index in [2.05, 4.69) is 21.8 Å². The summed E-state index contributed by atoms with van der Waals surface area (Å²) in [5.74, 6) is 0.907. The van der Waals surface area contributed by atoms with Crippen LogP contribution in [0.3, 0.4) is 0 Å². The number of aryl methyl sites for hydroxylation is 1. The summed E-state index contributed by atoms with van der Waals surface area (Å²) in [5, 5.41) is 9.32. The summed E-state index contributed by atoms with van der Waals surface area (Å²) in [6.07, 6.45) is 3.56. The molecule has 0 bridgehead atoms. The number of hydrogen-bond donors (Lipinski definition) is 1. The molecule has 0 unspecified atom stereocenters. The number of anilines is 1. The van der Waals surface area contributed by atoms with Gasteiger partial charge in [0.2, 0.25) is 0 Å². The predicted molar refractivity (Wildman–Crippen MR) is 80.7 cm³/mol. The average Bonchev–Trinajstić information content (AvgIpc) is 2.52. The Hall–Kier alpha value is -1.94. The largest absolute Gasteiger partial charge is 0.392 e. The van der Waals surface area contributed by atoms with Crippen LogP contribution in [0.2, 0.25) is 0 Å². The molecule has 0 aliphatic rings. The van der Waals surface area contributed by atoms with E-state index >= 15 is 0 Å². The highest BCUT2D eigenvalue weighted by molar-refractivity contribution is 5.42. The van der Waals surface area contributed by atoms with Crippen LogP contribution < -0.4 is 4.90 Å². The molecular weight excluding hydrogens is 250 g/mol. The van der Waals surface area contributed by atoms with Crippen LogP contribution >= 0.6 is 0 Å². The van der Waals surface area contributed by atoms with Crippen LogP contribution in [-0.2, 0) is 19.4 Å². The van der Waals surface area contributed by atoms with Crippen molar-refractivity contribution in [3.63, 3.8) is 0 Å². The third-order valence-corrected chi connectivity index (χ3v) is 3.29. The molecule has 0 fully saturated rings. The van der Waals surface area contributed by atoms with Gasteiger partial charge in [-0.2, -0.15) is 0 Å². The molecule has 1 N–H and O–H groups in total. The van der Waals surface area contributed by atoms with Crippen LogP contribution in [0.5, 0.6) is 0 Å². The molecule has 0 saturated heterocycles. The van der Waals surface area contributed by atoms with Gasteiger partial charge < -0.3 is 10.0 Å². The predicted octanol–water partition coefficient (Wildman–Crippen LogP) is 2.21. The van der Waals surface area contributed by atoms with Crippen LogP contribution in [0.25, 0.3) is 0 Å². The Kier molecular flexibility index (Phi) is 5.07. The summed E-state index contributed by atoms with van der Waals surface area (Å²) in [4.78, 5) is 11.0. The minimum atomic E-state index is 0.0522. The maximum Gasteiger partial charge on any atom is 0.128 e. The summed E-state index contributed by atoms with van der Waals surface area (Å²) >= 11 is 0. The first-order valence-corrected chi connectivity index (χ1v) is 6.94. The Bertz CT molecular complexity index is 520. The fourth-order valence-corrected chi connectivity index (χ4v) is 2.04. The third-order valence-electron chi connectivity index (χ3n) is 3.29.